The predicted octanol–water partition coefficient (Wildman–Crippen LogP) is 0.415. The molecule has 0 radical (unpaired) electrons. The number of nitrogens with zero attached hydrogens (tertiary/aromatic N) is 1. The summed E-state index contributed by atoms with van der Waals surface area (Å²) in [4.78, 5) is 37.4. The molecule has 178 valence electrons. The summed E-state index contributed by atoms with van der Waals surface area (Å²) < 4.78 is 0. The van der Waals surface area contributed by atoms with Gasteiger partial charge in [0.15, 0.2) is 5.78 Å². The Morgan fingerprint density at radius 3 is 2.26 bits per heavy atom. The number of amides is 2. The number of carbonyl (C=O) groups is 3. The average molecular weight is 463 g/mol. The van der Waals surface area contributed by atoms with Gasteiger partial charge in [-0.05, 0) is 48.4 Å². The van der Waals surface area contributed by atoms with E-state index < -0.39 is 24.3 Å². The van der Waals surface area contributed by atoms with Gasteiger partial charge in [-0.15, -0.1) is 0 Å². The van der Waals surface area contributed by atoms with Crippen LogP contribution in [0, 0.1) is 11.8 Å². The summed E-state index contributed by atoms with van der Waals surface area (Å²) in [5.41, 5.74) is 8.69. The van der Waals surface area contributed by atoms with E-state index in [-0.39, 0.29) is 18.5 Å². The van der Waals surface area contributed by atoms with Gasteiger partial charge in [-0.2, -0.15) is 0 Å². The quantitative estimate of drug-likeness (QED) is 0.422. The lowest BCUT2D eigenvalue weighted by Gasteiger charge is -2.16. The minimum atomic E-state index is -0.913. The van der Waals surface area contributed by atoms with Crippen LogP contribution in [0.3, 0.4) is 0 Å². The fourth-order valence-electron chi connectivity index (χ4n) is 3.81. The zero-order valence-corrected chi connectivity index (χ0v) is 19.2. The summed E-state index contributed by atoms with van der Waals surface area (Å²) in [6.07, 6.45) is 0.970. The predicted molar refractivity (Wildman–Crippen MR) is 129 cm³/mol. The number of nitrogens with two attached hydrogens (primary N) is 1. The molecule has 2 aromatic carbocycles. The van der Waals surface area contributed by atoms with Gasteiger partial charge < -0.3 is 21.5 Å². The fraction of sp³-hybridized carbons (Fsp3) is 0.346. The molecule has 2 amide bonds. The van der Waals surface area contributed by atoms with Crippen molar-refractivity contribution in [1.29, 1.82) is 0 Å². The molecule has 2 aromatic rings. The number of aliphatic hydroxyl groups excluding tert-OH is 1. The van der Waals surface area contributed by atoms with Crippen molar-refractivity contribution in [3.05, 3.63) is 70.8 Å². The van der Waals surface area contributed by atoms with Gasteiger partial charge in [0.2, 0.25) is 5.91 Å². The Labute approximate surface area is 199 Å². The van der Waals surface area contributed by atoms with E-state index in [4.69, 9.17) is 10.8 Å². The Bertz CT molecular complexity index is 1070. The molecule has 8 heteroatoms. The molecular weight excluding hydrogens is 432 g/mol. The van der Waals surface area contributed by atoms with Crippen LogP contribution in [0.25, 0.3) is 0 Å². The van der Waals surface area contributed by atoms with E-state index in [9.17, 15) is 14.4 Å². The zero-order chi connectivity index (χ0) is 24.5. The van der Waals surface area contributed by atoms with Gasteiger partial charge in [0.25, 0.3) is 5.91 Å². The van der Waals surface area contributed by atoms with E-state index >= 15 is 0 Å². The van der Waals surface area contributed by atoms with Crippen LogP contribution < -0.4 is 16.4 Å². The maximum atomic E-state index is 12.3. The summed E-state index contributed by atoms with van der Waals surface area (Å²) in [6, 6.07) is 14.1. The van der Waals surface area contributed by atoms with Crippen LogP contribution in [0.15, 0.2) is 48.5 Å². The van der Waals surface area contributed by atoms with Crippen LogP contribution in [0.4, 0.5) is 0 Å². The van der Waals surface area contributed by atoms with Crippen LogP contribution >= 0.6 is 0 Å². The van der Waals surface area contributed by atoms with Crippen molar-refractivity contribution in [2.24, 2.45) is 5.73 Å². The topological polar surface area (TPSA) is 125 Å². The van der Waals surface area contributed by atoms with E-state index in [1.807, 2.05) is 12.1 Å². The van der Waals surface area contributed by atoms with Gasteiger partial charge >= 0.3 is 0 Å². The van der Waals surface area contributed by atoms with Crippen LogP contribution in [0.5, 0.6) is 0 Å². The second-order valence-corrected chi connectivity index (χ2v) is 8.33. The standard InChI is InChI=1S/C26H30N4O4/c1-18(32)28-23-12-13-30(16-23)15-21-6-4-19(5-7-21)2-3-20-8-10-22(11-9-20)26(34)29-24(14-27)25(33)17-31/h4-11,23-24,31H,12-17,27H2,1H3,(H,28,32)(H,29,34)/t23-,24-/m0/s1. The third-order valence-corrected chi connectivity index (χ3v) is 5.62. The number of hydrogen-bond acceptors (Lipinski definition) is 6. The highest BCUT2D eigenvalue weighted by atomic mass is 16.3. The number of benzene rings is 2. The van der Waals surface area contributed by atoms with E-state index in [0.717, 1.165) is 37.2 Å². The summed E-state index contributed by atoms with van der Waals surface area (Å²) in [5.74, 6) is 5.26. The molecule has 1 saturated heterocycles. The van der Waals surface area contributed by atoms with Crippen LogP contribution in [-0.4, -0.2) is 65.9 Å². The molecule has 1 aliphatic rings. The number of Topliss-reactive ketones (excluding diaryl/α,β-unsaturated/α-hetero) is 1. The smallest absolute Gasteiger partial charge is 0.251 e. The van der Waals surface area contributed by atoms with E-state index in [0.29, 0.717) is 5.56 Å². The molecular formula is C26H30N4O4. The molecule has 34 heavy (non-hydrogen) atoms. The van der Waals surface area contributed by atoms with Gasteiger partial charge in [-0.25, -0.2) is 0 Å². The monoisotopic (exact) mass is 462 g/mol. The minimum absolute atomic E-state index is 0.0162. The van der Waals surface area contributed by atoms with Crippen molar-refractivity contribution in [1.82, 2.24) is 15.5 Å². The third kappa shape index (κ3) is 7.25. The van der Waals surface area contributed by atoms with Crippen molar-refractivity contribution in [2.45, 2.75) is 32.0 Å². The molecule has 0 spiro atoms. The molecule has 1 heterocycles. The summed E-state index contributed by atoms with van der Waals surface area (Å²) in [5, 5.41) is 14.4. The summed E-state index contributed by atoms with van der Waals surface area (Å²) in [7, 11) is 0. The van der Waals surface area contributed by atoms with Crippen molar-refractivity contribution in [3.63, 3.8) is 0 Å². The number of carbonyl (C=O) groups excluding carboxylic acids is 3. The first kappa shape index (κ1) is 25.1. The number of aliphatic hydroxyl groups is 1. The minimum Gasteiger partial charge on any atom is -0.388 e. The largest absolute Gasteiger partial charge is 0.388 e. The van der Waals surface area contributed by atoms with Crippen LogP contribution in [-0.2, 0) is 16.1 Å². The molecule has 1 aliphatic heterocycles. The normalized spacial score (nSPS) is 16.3. The zero-order valence-electron chi connectivity index (χ0n) is 19.2. The van der Waals surface area contributed by atoms with E-state index in [2.05, 4.69) is 39.5 Å². The Hall–Kier alpha value is -3.51. The molecule has 0 unspecified atom stereocenters. The number of likely N-dealkylation sites (tertiary alicyclic amines) is 1. The Balaban J connectivity index is 1.54. The van der Waals surface area contributed by atoms with Gasteiger partial charge in [-0.3, -0.25) is 19.3 Å². The number of ketones is 1. The van der Waals surface area contributed by atoms with Crippen molar-refractivity contribution in [2.75, 3.05) is 26.2 Å². The highest BCUT2D eigenvalue weighted by Gasteiger charge is 2.22. The van der Waals surface area contributed by atoms with Gasteiger partial charge in [0, 0.05) is 55.8 Å². The van der Waals surface area contributed by atoms with Crippen molar-refractivity contribution < 1.29 is 19.5 Å². The summed E-state index contributed by atoms with van der Waals surface area (Å²) in [6.45, 7) is 3.46. The second-order valence-electron chi connectivity index (χ2n) is 8.33. The van der Waals surface area contributed by atoms with Crippen molar-refractivity contribution in [3.8, 4) is 11.8 Å². The maximum Gasteiger partial charge on any atom is 0.251 e. The fourth-order valence-corrected chi connectivity index (χ4v) is 3.81. The van der Waals surface area contributed by atoms with Gasteiger partial charge in [0.05, 0.1) is 0 Å². The molecule has 3 rings (SSSR count). The lowest BCUT2D eigenvalue weighted by molar-refractivity contribution is -0.123. The van der Waals surface area contributed by atoms with Gasteiger partial charge in [0.1, 0.15) is 12.6 Å². The van der Waals surface area contributed by atoms with E-state index in [1.165, 1.54) is 5.56 Å². The number of hydrogen-bond donors (Lipinski definition) is 4. The average Bonchev–Trinajstić information content (AvgIpc) is 3.27. The van der Waals surface area contributed by atoms with Crippen molar-refractivity contribution >= 4 is 17.6 Å². The Kier molecular flexibility index (Phi) is 8.93. The van der Waals surface area contributed by atoms with Crippen LogP contribution in [0.2, 0.25) is 0 Å². The molecule has 5 N–H and O–H groups in total. The first-order valence-corrected chi connectivity index (χ1v) is 11.2. The third-order valence-electron chi connectivity index (χ3n) is 5.62. The molecule has 8 nitrogen and oxygen atoms in total. The van der Waals surface area contributed by atoms with Gasteiger partial charge in [-0.1, -0.05) is 24.0 Å². The first-order chi connectivity index (χ1) is 16.4. The number of rotatable bonds is 8. The number of nitrogens with one attached hydrogen (secondary N) is 2. The Morgan fingerprint density at radius 2 is 1.71 bits per heavy atom. The molecule has 0 bridgehead atoms. The first-order valence-electron chi connectivity index (χ1n) is 11.2. The lowest BCUT2D eigenvalue weighted by atomic mass is 10.1. The molecule has 0 aromatic heterocycles. The molecule has 0 aliphatic carbocycles. The highest BCUT2D eigenvalue weighted by molar-refractivity contribution is 5.98. The Morgan fingerprint density at radius 1 is 1.09 bits per heavy atom. The lowest BCUT2D eigenvalue weighted by Crippen LogP contribution is -2.46. The molecule has 0 saturated carbocycles. The molecule has 1 fully saturated rings. The van der Waals surface area contributed by atoms with Crippen LogP contribution in [0.1, 0.15) is 40.4 Å². The summed E-state index contributed by atoms with van der Waals surface area (Å²) >= 11 is 0. The highest BCUT2D eigenvalue weighted by Crippen LogP contribution is 2.14. The molecule has 2 atom stereocenters. The maximum absolute atomic E-state index is 12.3. The second kappa shape index (κ2) is 12.1. The SMILES string of the molecule is CC(=O)N[C@H]1CCN(Cc2ccc(C#Cc3ccc(C(=O)N[C@@H](CN)C(=O)CO)cc3)cc2)C1. The van der Waals surface area contributed by atoms with E-state index in [1.54, 1.807) is 31.2 Å².